The van der Waals surface area contributed by atoms with E-state index in [1.807, 2.05) is 0 Å². The van der Waals surface area contributed by atoms with Gasteiger partial charge in [-0.15, -0.1) is 0 Å². The van der Waals surface area contributed by atoms with E-state index in [2.05, 4.69) is 0 Å². The molecule has 1 heterocycles. The Labute approximate surface area is 179 Å². The van der Waals surface area contributed by atoms with Crippen LogP contribution in [0.1, 0.15) is 22.3 Å². The molecule has 8 nitrogen and oxygen atoms in total. The summed E-state index contributed by atoms with van der Waals surface area (Å²) in [5.74, 6) is -0.681. The van der Waals surface area contributed by atoms with Gasteiger partial charge in [-0.1, -0.05) is 11.6 Å². The number of sulfone groups is 1. The summed E-state index contributed by atoms with van der Waals surface area (Å²) < 4.78 is 34.2. The third-order valence-corrected chi connectivity index (χ3v) is 6.07. The van der Waals surface area contributed by atoms with Crippen molar-refractivity contribution in [1.82, 2.24) is 0 Å². The number of aryl methyl sites for hydroxylation is 1. The second kappa shape index (κ2) is 8.53. The van der Waals surface area contributed by atoms with Crippen molar-refractivity contribution >= 4 is 38.9 Å². The number of hydrogen-bond acceptors (Lipinski definition) is 6. The van der Waals surface area contributed by atoms with Crippen LogP contribution in [-0.2, 0) is 21.1 Å². The standard InChI is InChI=1S/C20H21ClN2O6S/c1-28-17-10-13(9-15(21)19(17)29-11-18(22)24)20(25)23-7-3-4-12-8-14(30(2,26)27)5-6-16(12)23/h5-6,8-10H,3-4,7,11H2,1-2H3,(H2,22,24). The van der Waals surface area contributed by atoms with Gasteiger partial charge in [-0.3, -0.25) is 9.59 Å². The highest BCUT2D eigenvalue weighted by atomic mass is 35.5. The van der Waals surface area contributed by atoms with Crippen LogP contribution in [0.5, 0.6) is 11.5 Å². The summed E-state index contributed by atoms with van der Waals surface area (Å²) in [5.41, 5.74) is 6.81. The van der Waals surface area contributed by atoms with E-state index in [-0.39, 0.29) is 39.5 Å². The average Bonchev–Trinajstić information content (AvgIpc) is 2.70. The molecule has 0 saturated carbocycles. The first kappa shape index (κ1) is 21.9. The molecule has 10 heteroatoms. The first-order valence-corrected chi connectivity index (χ1v) is 11.3. The van der Waals surface area contributed by atoms with Crippen LogP contribution in [0.3, 0.4) is 0 Å². The molecule has 3 rings (SSSR count). The van der Waals surface area contributed by atoms with Gasteiger partial charge in [0.25, 0.3) is 11.8 Å². The van der Waals surface area contributed by atoms with Crippen LogP contribution in [0.4, 0.5) is 5.69 Å². The zero-order valence-corrected chi connectivity index (χ0v) is 18.0. The third kappa shape index (κ3) is 4.52. The topological polar surface area (TPSA) is 116 Å². The molecule has 1 aliphatic heterocycles. The summed E-state index contributed by atoms with van der Waals surface area (Å²) in [6.45, 7) is 0.0927. The number of nitrogens with two attached hydrogens (primary N) is 1. The van der Waals surface area contributed by atoms with Gasteiger partial charge in [0.05, 0.1) is 17.0 Å². The molecular formula is C20H21ClN2O6S. The molecule has 2 aromatic rings. The fraction of sp³-hybridized carbons (Fsp3) is 0.300. The van der Waals surface area contributed by atoms with E-state index in [0.29, 0.717) is 25.1 Å². The van der Waals surface area contributed by atoms with Gasteiger partial charge in [-0.2, -0.15) is 0 Å². The van der Waals surface area contributed by atoms with E-state index in [9.17, 15) is 18.0 Å². The third-order valence-electron chi connectivity index (χ3n) is 4.68. The molecule has 0 bridgehead atoms. The summed E-state index contributed by atoms with van der Waals surface area (Å²) >= 11 is 6.26. The van der Waals surface area contributed by atoms with Crippen LogP contribution in [0.15, 0.2) is 35.2 Å². The minimum Gasteiger partial charge on any atom is -0.493 e. The highest BCUT2D eigenvalue weighted by Gasteiger charge is 2.26. The Morgan fingerprint density at radius 2 is 1.97 bits per heavy atom. The van der Waals surface area contributed by atoms with Gasteiger partial charge < -0.3 is 20.1 Å². The van der Waals surface area contributed by atoms with Crippen molar-refractivity contribution in [1.29, 1.82) is 0 Å². The predicted octanol–water partition coefficient (Wildman–Crippen LogP) is 2.21. The van der Waals surface area contributed by atoms with Gasteiger partial charge in [0, 0.05) is 24.1 Å². The molecule has 0 fully saturated rings. The zero-order valence-electron chi connectivity index (χ0n) is 16.5. The summed E-state index contributed by atoms with van der Waals surface area (Å²) in [6.07, 6.45) is 2.51. The summed E-state index contributed by atoms with van der Waals surface area (Å²) in [6, 6.07) is 7.66. The number of primary amides is 1. The van der Waals surface area contributed by atoms with Crippen molar-refractivity contribution in [3.63, 3.8) is 0 Å². The van der Waals surface area contributed by atoms with Gasteiger partial charge in [-0.25, -0.2) is 8.42 Å². The average molecular weight is 453 g/mol. The number of benzene rings is 2. The maximum atomic E-state index is 13.2. The smallest absolute Gasteiger partial charge is 0.258 e. The van der Waals surface area contributed by atoms with Crippen LogP contribution >= 0.6 is 11.6 Å². The minimum absolute atomic E-state index is 0.101. The SMILES string of the molecule is COc1cc(C(=O)N2CCCc3cc(S(C)(=O)=O)ccc32)cc(Cl)c1OCC(N)=O. The number of rotatable bonds is 6. The van der Waals surface area contributed by atoms with Gasteiger partial charge >= 0.3 is 0 Å². The molecule has 0 atom stereocenters. The van der Waals surface area contributed by atoms with Gasteiger partial charge in [0.1, 0.15) is 0 Å². The largest absolute Gasteiger partial charge is 0.493 e. The Bertz CT molecular complexity index is 1120. The number of carbonyl (C=O) groups excluding carboxylic acids is 2. The van der Waals surface area contributed by atoms with E-state index >= 15 is 0 Å². The van der Waals surface area contributed by atoms with Crippen LogP contribution in [0, 0.1) is 0 Å². The summed E-state index contributed by atoms with van der Waals surface area (Å²) in [4.78, 5) is 26.0. The Balaban J connectivity index is 1.96. The maximum Gasteiger partial charge on any atom is 0.258 e. The highest BCUT2D eigenvalue weighted by molar-refractivity contribution is 7.90. The minimum atomic E-state index is -3.34. The first-order valence-electron chi connectivity index (χ1n) is 9.05. The maximum absolute atomic E-state index is 13.2. The van der Waals surface area contributed by atoms with Gasteiger partial charge in [0.15, 0.2) is 27.9 Å². The lowest BCUT2D eigenvalue weighted by molar-refractivity contribution is -0.119. The number of methoxy groups -OCH3 is 1. The van der Waals surface area contributed by atoms with E-state index < -0.39 is 15.7 Å². The first-order chi connectivity index (χ1) is 14.1. The van der Waals surface area contributed by atoms with Crippen molar-refractivity contribution in [2.24, 2.45) is 5.73 Å². The normalized spacial score (nSPS) is 13.5. The number of nitrogens with zero attached hydrogens (tertiary/aromatic N) is 1. The Hall–Kier alpha value is -2.78. The van der Waals surface area contributed by atoms with E-state index in [0.717, 1.165) is 11.8 Å². The van der Waals surface area contributed by atoms with Crippen LogP contribution in [0.2, 0.25) is 5.02 Å². The molecule has 0 radical (unpaired) electrons. The number of fused-ring (bicyclic) bond motifs is 1. The Morgan fingerprint density at radius 3 is 2.60 bits per heavy atom. The van der Waals surface area contributed by atoms with Crippen molar-refractivity contribution in [3.8, 4) is 11.5 Å². The molecule has 30 heavy (non-hydrogen) atoms. The fourth-order valence-corrected chi connectivity index (χ4v) is 4.23. The molecule has 2 amide bonds. The number of carbonyl (C=O) groups is 2. The van der Waals surface area contributed by atoms with Crippen LogP contribution < -0.4 is 20.1 Å². The summed E-state index contributed by atoms with van der Waals surface area (Å²) in [7, 11) is -1.95. The molecule has 1 aliphatic rings. The monoisotopic (exact) mass is 452 g/mol. The second-order valence-corrected chi connectivity index (χ2v) is 9.29. The molecule has 160 valence electrons. The fourth-order valence-electron chi connectivity index (χ4n) is 3.30. The van der Waals surface area contributed by atoms with Crippen molar-refractivity contribution in [2.45, 2.75) is 17.7 Å². The predicted molar refractivity (Wildman–Crippen MR) is 112 cm³/mol. The molecule has 2 N–H and O–H groups in total. The van der Waals surface area contributed by atoms with Gasteiger partial charge in [0.2, 0.25) is 0 Å². The molecule has 0 aromatic heterocycles. The molecule has 0 saturated heterocycles. The summed E-state index contributed by atoms with van der Waals surface area (Å²) in [5, 5.41) is 0.101. The number of halogens is 1. The second-order valence-electron chi connectivity index (χ2n) is 6.87. The lowest BCUT2D eigenvalue weighted by Gasteiger charge is -2.30. The van der Waals surface area contributed by atoms with Crippen molar-refractivity contribution in [3.05, 3.63) is 46.5 Å². The zero-order chi connectivity index (χ0) is 22.1. The molecule has 0 spiro atoms. The van der Waals surface area contributed by atoms with E-state index in [4.69, 9.17) is 26.8 Å². The number of anilines is 1. The van der Waals surface area contributed by atoms with Crippen molar-refractivity contribution < 1.29 is 27.5 Å². The van der Waals surface area contributed by atoms with Crippen molar-refractivity contribution in [2.75, 3.05) is 31.4 Å². The molecule has 0 aliphatic carbocycles. The number of ether oxygens (including phenoxy) is 2. The van der Waals surface area contributed by atoms with Crippen LogP contribution in [-0.4, -0.2) is 46.7 Å². The molecule has 0 unspecified atom stereocenters. The lowest BCUT2D eigenvalue weighted by atomic mass is 10.0. The lowest BCUT2D eigenvalue weighted by Crippen LogP contribution is -2.35. The Kier molecular flexibility index (Phi) is 6.23. The number of amides is 2. The van der Waals surface area contributed by atoms with Crippen LogP contribution in [0.25, 0.3) is 0 Å². The quantitative estimate of drug-likeness (QED) is 0.718. The van der Waals surface area contributed by atoms with E-state index in [1.165, 1.54) is 25.3 Å². The molecular weight excluding hydrogens is 432 g/mol. The Morgan fingerprint density at radius 1 is 1.23 bits per heavy atom. The highest BCUT2D eigenvalue weighted by Crippen LogP contribution is 2.38. The molecule has 2 aromatic carbocycles. The number of hydrogen-bond donors (Lipinski definition) is 1. The van der Waals surface area contributed by atoms with E-state index in [1.54, 1.807) is 17.0 Å². The van der Waals surface area contributed by atoms with Gasteiger partial charge in [-0.05, 0) is 48.7 Å².